The van der Waals surface area contributed by atoms with Crippen LogP contribution in [0.25, 0.3) is 0 Å². The highest BCUT2D eigenvalue weighted by Crippen LogP contribution is 2.29. The molecule has 1 heterocycles. The molecule has 0 aromatic heterocycles. The zero-order chi connectivity index (χ0) is 19.4. The van der Waals surface area contributed by atoms with E-state index in [4.69, 9.17) is 11.6 Å². The normalized spacial score (nSPS) is 19.0. The van der Waals surface area contributed by atoms with Crippen molar-refractivity contribution in [1.82, 2.24) is 4.90 Å². The number of benzene rings is 1. The molecule has 1 saturated heterocycles. The van der Waals surface area contributed by atoms with Crippen molar-refractivity contribution in [2.24, 2.45) is 5.92 Å². The maximum Gasteiger partial charge on any atom is 0.326 e. The van der Waals surface area contributed by atoms with E-state index < -0.39 is 29.1 Å². The summed E-state index contributed by atoms with van der Waals surface area (Å²) in [7, 11) is 0. The number of hydrogen-bond donors (Lipinski definition) is 1. The highest BCUT2D eigenvalue weighted by Gasteiger charge is 2.40. The fourth-order valence-electron chi connectivity index (χ4n) is 3.02. The molecular weight excluding hydrogens is 378 g/mol. The van der Waals surface area contributed by atoms with Crippen LogP contribution in [0.4, 0.5) is 0 Å². The number of halogens is 1. The molecule has 0 spiro atoms. The van der Waals surface area contributed by atoms with Crippen molar-refractivity contribution in [2.45, 2.75) is 38.0 Å². The van der Waals surface area contributed by atoms with Crippen LogP contribution in [0, 0.1) is 5.92 Å². The molecule has 0 aliphatic carbocycles. The maximum absolute atomic E-state index is 12.9. The number of aliphatic carboxylic acids is 1. The summed E-state index contributed by atoms with van der Waals surface area (Å²) in [4.78, 5) is 50.0. The summed E-state index contributed by atoms with van der Waals surface area (Å²) in [5.41, 5.74) is 0.351. The largest absolute Gasteiger partial charge is 0.480 e. The van der Waals surface area contributed by atoms with Gasteiger partial charge in [0.15, 0.2) is 10.9 Å². The Bertz CT molecular complexity index is 721. The number of rotatable bonds is 6. The molecule has 0 bridgehead atoms. The van der Waals surface area contributed by atoms with E-state index in [2.05, 4.69) is 0 Å². The summed E-state index contributed by atoms with van der Waals surface area (Å²) >= 11 is 6.63. The van der Waals surface area contributed by atoms with E-state index >= 15 is 0 Å². The summed E-state index contributed by atoms with van der Waals surface area (Å²) in [6, 6.07) is 5.35. The van der Waals surface area contributed by atoms with E-state index in [0.29, 0.717) is 30.0 Å². The molecule has 1 aliphatic rings. The lowest BCUT2D eigenvalue weighted by atomic mass is 9.97. The molecule has 2 rings (SSSR count). The molecule has 6 nitrogen and oxygen atoms in total. The first-order valence-corrected chi connectivity index (χ1v) is 9.48. The minimum absolute atomic E-state index is 0.284. The van der Waals surface area contributed by atoms with Crippen LogP contribution in [-0.2, 0) is 14.4 Å². The van der Waals surface area contributed by atoms with Crippen LogP contribution >= 0.6 is 23.4 Å². The van der Waals surface area contributed by atoms with Crippen molar-refractivity contribution in [3.8, 4) is 0 Å². The van der Waals surface area contributed by atoms with Gasteiger partial charge in [-0.05, 0) is 37.1 Å². The van der Waals surface area contributed by atoms with Crippen molar-refractivity contribution >= 4 is 46.1 Å². The van der Waals surface area contributed by atoms with Gasteiger partial charge in [-0.2, -0.15) is 0 Å². The number of ketones is 1. The Hall–Kier alpha value is -1.86. The Kier molecular flexibility index (Phi) is 6.83. The summed E-state index contributed by atoms with van der Waals surface area (Å²) < 4.78 is 0. The lowest BCUT2D eigenvalue weighted by Gasteiger charge is -2.28. The molecule has 0 saturated carbocycles. The third-order valence-electron chi connectivity index (χ3n) is 4.34. The second-order valence-electron chi connectivity index (χ2n) is 6.22. The topological polar surface area (TPSA) is 91.8 Å². The van der Waals surface area contributed by atoms with Gasteiger partial charge in [0.1, 0.15) is 6.04 Å². The maximum atomic E-state index is 12.9. The number of amides is 1. The highest BCUT2D eigenvalue weighted by atomic mass is 35.5. The number of nitrogens with zero attached hydrogens (tertiary/aromatic N) is 1. The molecule has 1 aliphatic heterocycles. The second-order valence-corrected chi connectivity index (χ2v) is 7.97. The van der Waals surface area contributed by atoms with E-state index in [1.54, 1.807) is 31.2 Å². The van der Waals surface area contributed by atoms with Crippen molar-refractivity contribution in [1.29, 1.82) is 0 Å². The van der Waals surface area contributed by atoms with Crippen LogP contribution in [0.15, 0.2) is 24.3 Å². The zero-order valence-corrected chi connectivity index (χ0v) is 16.0. The number of hydrogen-bond acceptors (Lipinski definition) is 5. The molecule has 26 heavy (non-hydrogen) atoms. The average molecular weight is 398 g/mol. The Morgan fingerprint density at radius 2 is 1.85 bits per heavy atom. The SMILES string of the molecule is CC(=O)S[C@H](C(=O)c1ccc(Cl)cc1)[C@H](C)C(=O)N1CCC[C@H]1C(=O)O. The molecule has 1 N–H and O–H groups in total. The van der Waals surface area contributed by atoms with Gasteiger partial charge in [-0.3, -0.25) is 14.4 Å². The molecular formula is C18H20ClNO5S. The van der Waals surface area contributed by atoms with Crippen LogP contribution in [0.3, 0.4) is 0 Å². The smallest absolute Gasteiger partial charge is 0.326 e. The average Bonchev–Trinajstić information content (AvgIpc) is 3.08. The van der Waals surface area contributed by atoms with E-state index in [0.717, 1.165) is 11.8 Å². The Morgan fingerprint density at radius 3 is 2.38 bits per heavy atom. The van der Waals surface area contributed by atoms with Gasteiger partial charge < -0.3 is 10.0 Å². The van der Waals surface area contributed by atoms with Gasteiger partial charge in [-0.1, -0.05) is 30.3 Å². The van der Waals surface area contributed by atoms with Gasteiger partial charge >= 0.3 is 5.97 Å². The van der Waals surface area contributed by atoms with Crippen molar-refractivity contribution < 1.29 is 24.3 Å². The molecule has 1 amide bonds. The minimum atomic E-state index is -1.05. The molecule has 1 aromatic rings. The van der Waals surface area contributed by atoms with E-state index in [9.17, 15) is 24.3 Å². The van der Waals surface area contributed by atoms with Crippen molar-refractivity contribution in [2.75, 3.05) is 6.54 Å². The zero-order valence-electron chi connectivity index (χ0n) is 14.5. The number of carboxylic acid groups (broad SMARTS) is 1. The van der Waals surface area contributed by atoms with Gasteiger partial charge in [0, 0.05) is 24.1 Å². The van der Waals surface area contributed by atoms with Crippen LogP contribution in [0.2, 0.25) is 5.02 Å². The molecule has 0 unspecified atom stereocenters. The lowest BCUT2D eigenvalue weighted by molar-refractivity contribution is -0.149. The third-order valence-corrected chi connectivity index (χ3v) is 5.80. The minimum Gasteiger partial charge on any atom is -0.480 e. The monoisotopic (exact) mass is 397 g/mol. The lowest BCUT2D eigenvalue weighted by Crippen LogP contribution is -2.46. The number of carbonyl (C=O) groups is 4. The predicted octanol–water partition coefficient (Wildman–Crippen LogP) is 2.88. The number of Topliss-reactive ketones (excluding diaryl/α,β-unsaturated/α-hetero) is 1. The Balaban J connectivity index is 2.26. The first-order valence-electron chi connectivity index (χ1n) is 8.22. The highest BCUT2D eigenvalue weighted by molar-refractivity contribution is 8.14. The van der Waals surface area contributed by atoms with E-state index in [1.807, 2.05) is 0 Å². The second kappa shape index (κ2) is 8.68. The number of carboxylic acids is 1. The van der Waals surface area contributed by atoms with Gasteiger partial charge in [0.25, 0.3) is 0 Å². The molecule has 1 fully saturated rings. The van der Waals surface area contributed by atoms with Crippen molar-refractivity contribution in [3.63, 3.8) is 0 Å². The Labute approximate surface area is 160 Å². The number of carbonyl (C=O) groups excluding carboxylic acids is 3. The van der Waals surface area contributed by atoms with Gasteiger partial charge in [-0.15, -0.1) is 0 Å². The quantitative estimate of drug-likeness (QED) is 0.742. The van der Waals surface area contributed by atoms with Gasteiger partial charge in [0.2, 0.25) is 5.91 Å². The van der Waals surface area contributed by atoms with Crippen LogP contribution in [0.1, 0.15) is 37.0 Å². The van der Waals surface area contributed by atoms with Crippen LogP contribution < -0.4 is 0 Å². The number of likely N-dealkylation sites (tertiary alicyclic amines) is 1. The fraction of sp³-hybridized carbons (Fsp3) is 0.444. The molecule has 8 heteroatoms. The number of thioether (sulfide) groups is 1. The molecule has 140 valence electrons. The summed E-state index contributed by atoms with van der Waals surface area (Å²) in [5.74, 6) is -2.65. The standard InChI is InChI=1S/C18H20ClNO5S/c1-10(17(23)20-9-3-4-14(20)18(24)25)16(26-11(2)21)15(22)12-5-7-13(19)8-6-12/h5-8,10,14,16H,3-4,9H2,1-2H3,(H,24,25)/t10-,14-,16-/m0/s1. The van der Waals surface area contributed by atoms with Crippen LogP contribution in [0.5, 0.6) is 0 Å². The first-order chi connectivity index (χ1) is 12.2. The summed E-state index contributed by atoms with van der Waals surface area (Å²) in [5, 5.41) is 8.55. The van der Waals surface area contributed by atoms with Gasteiger partial charge in [0.05, 0.1) is 11.2 Å². The van der Waals surface area contributed by atoms with E-state index in [1.165, 1.54) is 11.8 Å². The summed E-state index contributed by atoms with van der Waals surface area (Å²) in [6.45, 7) is 3.24. The van der Waals surface area contributed by atoms with E-state index in [-0.39, 0.29) is 10.9 Å². The van der Waals surface area contributed by atoms with Gasteiger partial charge in [-0.25, -0.2) is 4.79 Å². The summed E-state index contributed by atoms with van der Waals surface area (Å²) in [6.07, 6.45) is 0.995. The molecule has 1 aromatic carbocycles. The Morgan fingerprint density at radius 1 is 1.23 bits per heavy atom. The first kappa shape index (κ1) is 20.5. The predicted molar refractivity (Wildman–Crippen MR) is 99.4 cm³/mol. The molecule has 3 atom stereocenters. The fourth-order valence-corrected chi connectivity index (χ4v) is 4.07. The molecule has 0 radical (unpaired) electrons. The van der Waals surface area contributed by atoms with Crippen molar-refractivity contribution in [3.05, 3.63) is 34.9 Å². The van der Waals surface area contributed by atoms with Crippen LogP contribution in [-0.4, -0.2) is 50.6 Å². The third kappa shape index (κ3) is 4.65.